The lowest BCUT2D eigenvalue weighted by Crippen LogP contribution is -2.28. The molecule has 0 aromatic heterocycles. The summed E-state index contributed by atoms with van der Waals surface area (Å²) in [6.07, 6.45) is 0.991. The summed E-state index contributed by atoms with van der Waals surface area (Å²) in [5.41, 5.74) is 1.33. The Morgan fingerprint density at radius 1 is 1.37 bits per heavy atom. The molecular formula is C14H22N2O3. The summed E-state index contributed by atoms with van der Waals surface area (Å²) in [6, 6.07) is 5.24. The van der Waals surface area contributed by atoms with Crippen molar-refractivity contribution in [3.8, 4) is 5.75 Å². The van der Waals surface area contributed by atoms with Gasteiger partial charge in [-0.3, -0.25) is 4.79 Å². The Morgan fingerprint density at radius 2 is 2.16 bits per heavy atom. The molecule has 0 unspecified atom stereocenters. The van der Waals surface area contributed by atoms with Crippen molar-refractivity contribution in [2.24, 2.45) is 0 Å². The Morgan fingerprint density at radius 3 is 2.79 bits per heavy atom. The molecule has 1 amide bonds. The van der Waals surface area contributed by atoms with Gasteiger partial charge in [-0.1, -0.05) is 6.92 Å². The van der Waals surface area contributed by atoms with Gasteiger partial charge in [-0.2, -0.15) is 0 Å². The van der Waals surface area contributed by atoms with Crippen LogP contribution in [0.4, 0.5) is 5.69 Å². The van der Waals surface area contributed by atoms with E-state index in [2.05, 4.69) is 10.6 Å². The van der Waals surface area contributed by atoms with Gasteiger partial charge in [0, 0.05) is 11.3 Å². The van der Waals surface area contributed by atoms with E-state index in [1.807, 2.05) is 13.8 Å². The highest BCUT2D eigenvalue weighted by Gasteiger charge is 2.06. The second kappa shape index (κ2) is 8.50. The molecule has 106 valence electrons. The Labute approximate surface area is 114 Å². The Bertz CT molecular complexity index is 408. The van der Waals surface area contributed by atoms with Gasteiger partial charge in [-0.15, -0.1) is 0 Å². The molecule has 0 spiro atoms. The molecule has 0 bridgehead atoms. The van der Waals surface area contributed by atoms with Crippen molar-refractivity contribution in [1.82, 2.24) is 5.32 Å². The Balaban J connectivity index is 2.61. The second-order valence-electron chi connectivity index (χ2n) is 4.14. The van der Waals surface area contributed by atoms with Gasteiger partial charge in [0.15, 0.2) is 0 Å². The van der Waals surface area contributed by atoms with Gasteiger partial charge in [-0.05, 0) is 38.1 Å². The van der Waals surface area contributed by atoms with Crippen LogP contribution in [0.2, 0.25) is 0 Å². The van der Waals surface area contributed by atoms with Crippen LogP contribution in [-0.2, 0) is 11.4 Å². The van der Waals surface area contributed by atoms with Crippen molar-refractivity contribution < 1.29 is 14.6 Å². The van der Waals surface area contributed by atoms with E-state index in [1.165, 1.54) is 0 Å². The average Bonchev–Trinajstić information content (AvgIpc) is 2.41. The van der Waals surface area contributed by atoms with Gasteiger partial charge in [0.2, 0.25) is 5.91 Å². The van der Waals surface area contributed by atoms with Crippen LogP contribution in [0.5, 0.6) is 5.75 Å². The van der Waals surface area contributed by atoms with Crippen molar-refractivity contribution >= 4 is 11.6 Å². The number of aliphatic hydroxyl groups is 1. The number of benzene rings is 1. The summed E-state index contributed by atoms with van der Waals surface area (Å²) in [5, 5.41) is 15.1. The highest BCUT2D eigenvalue weighted by Crippen LogP contribution is 2.22. The number of rotatable bonds is 8. The first-order valence-corrected chi connectivity index (χ1v) is 6.58. The van der Waals surface area contributed by atoms with E-state index in [1.54, 1.807) is 18.2 Å². The van der Waals surface area contributed by atoms with Crippen LogP contribution in [0.1, 0.15) is 25.8 Å². The van der Waals surface area contributed by atoms with E-state index in [4.69, 9.17) is 4.74 Å². The Kier molecular flexibility index (Phi) is 6.92. The maximum absolute atomic E-state index is 11.6. The molecule has 0 fully saturated rings. The van der Waals surface area contributed by atoms with Crippen LogP contribution in [0.3, 0.4) is 0 Å². The zero-order chi connectivity index (χ0) is 14.1. The predicted octanol–water partition coefficient (Wildman–Crippen LogP) is 1.52. The monoisotopic (exact) mass is 266 g/mol. The number of hydrogen-bond donors (Lipinski definition) is 3. The number of carbonyl (C=O) groups excluding carboxylic acids is 1. The van der Waals surface area contributed by atoms with E-state index in [-0.39, 0.29) is 19.1 Å². The minimum absolute atomic E-state index is 0.0958. The van der Waals surface area contributed by atoms with E-state index in [0.29, 0.717) is 23.6 Å². The third-order valence-corrected chi connectivity index (χ3v) is 2.53. The summed E-state index contributed by atoms with van der Waals surface area (Å²) in [4.78, 5) is 11.6. The molecule has 0 radical (unpaired) electrons. The Hall–Kier alpha value is -1.59. The number of anilines is 1. The third-order valence-electron chi connectivity index (χ3n) is 2.53. The minimum Gasteiger partial charge on any atom is -0.494 e. The number of aliphatic hydroxyl groups excluding tert-OH is 1. The summed E-state index contributed by atoms with van der Waals surface area (Å²) < 4.78 is 5.38. The van der Waals surface area contributed by atoms with E-state index in [9.17, 15) is 9.90 Å². The maximum Gasteiger partial charge on any atom is 0.238 e. The fraction of sp³-hybridized carbons (Fsp3) is 0.500. The predicted molar refractivity (Wildman–Crippen MR) is 75.3 cm³/mol. The maximum atomic E-state index is 11.6. The molecule has 1 rings (SSSR count). The first-order chi connectivity index (χ1) is 9.21. The topological polar surface area (TPSA) is 70.6 Å². The number of amides is 1. The molecular weight excluding hydrogens is 244 g/mol. The molecule has 0 aliphatic heterocycles. The van der Waals surface area contributed by atoms with E-state index >= 15 is 0 Å². The normalized spacial score (nSPS) is 10.3. The quantitative estimate of drug-likeness (QED) is 0.624. The SMILES string of the molecule is CCCNCC(=O)Nc1ccc(OCC)c(CO)c1. The number of nitrogens with one attached hydrogen (secondary N) is 2. The zero-order valence-electron chi connectivity index (χ0n) is 11.5. The molecule has 0 aliphatic carbocycles. The van der Waals surface area contributed by atoms with Crippen LogP contribution in [0.25, 0.3) is 0 Å². The van der Waals surface area contributed by atoms with Crippen LogP contribution in [0.15, 0.2) is 18.2 Å². The largest absolute Gasteiger partial charge is 0.494 e. The molecule has 1 aromatic carbocycles. The molecule has 19 heavy (non-hydrogen) atoms. The lowest BCUT2D eigenvalue weighted by molar-refractivity contribution is -0.115. The molecule has 0 saturated heterocycles. The van der Waals surface area contributed by atoms with Gasteiger partial charge < -0.3 is 20.5 Å². The fourth-order valence-electron chi connectivity index (χ4n) is 1.66. The van der Waals surface area contributed by atoms with Crippen LogP contribution < -0.4 is 15.4 Å². The average molecular weight is 266 g/mol. The standard InChI is InChI=1S/C14H22N2O3/c1-3-7-15-9-14(18)16-12-5-6-13(19-4-2)11(8-12)10-17/h5-6,8,15,17H,3-4,7,9-10H2,1-2H3,(H,16,18). The third kappa shape index (κ3) is 5.28. The molecule has 5 nitrogen and oxygen atoms in total. The summed E-state index contributed by atoms with van der Waals surface area (Å²) >= 11 is 0. The lowest BCUT2D eigenvalue weighted by atomic mass is 10.2. The molecule has 0 atom stereocenters. The molecule has 0 aliphatic rings. The van der Waals surface area contributed by atoms with Crippen molar-refractivity contribution in [1.29, 1.82) is 0 Å². The fourth-order valence-corrected chi connectivity index (χ4v) is 1.66. The summed E-state index contributed by atoms with van der Waals surface area (Å²) in [7, 11) is 0. The van der Waals surface area contributed by atoms with Gasteiger partial charge in [0.25, 0.3) is 0 Å². The highest BCUT2D eigenvalue weighted by molar-refractivity contribution is 5.92. The second-order valence-corrected chi connectivity index (χ2v) is 4.14. The molecule has 0 saturated carbocycles. The molecule has 5 heteroatoms. The molecule has 3 N–H and O–H groups in total. The lowest BCUT2D eigenvalue weighted by Gasteiger charge is -2.11. The number of hydrogen-bond acceptors (Lipinski definition) is 4. The van der Waals surface area contributed by atoms with Crippen molar-refractivity contribution in [2.45, 2.75) is 26.9 Å². The van der Waals surface area contributed by atoms with Crippen molar-refractivity contribution in [3.05, 3.63) is 23.8 Å². The summed E-state index contributed by atoms with van der Waals surface area (Å²) in [5.74, 6) is 0.550. The van der Waals surface area contributed by atoms with Gasteiger partial charge in [-0.25, -0.2) is 0 Å². The molecule has 1 aromatic rings. The van der Waals surface area contributed by atoms with Crippen molar-refractivity contribution in [3.63, 3.8) is 0 Å². The number of ether oxygens (including phenoxy) is 1. The van der Waals surface area contributed by atoms with Crippen LogP contribution >= 0.6 is 0 Å². The van der Waals surface area contributed by atoms with Gasteiger partial charge in [0.05, 0.1) is 19.8 Å². The first kappa shape index (κ1) is 15.5. The van der Waals surface area contributed by atoms with E-state index in [0.717, 1.165) is 13.0 Å². The van der Waals surface area contributed by atoms with Gasteiger partial charge >= 0.3 is 0 Å². The van der Waals surface area contributed by atoms with Crippen molar-refractivity contribution in [2.75, 3.05) is 25.0 Å². The zero-order valence-corrected chi connectivity index (χ0v) is 11.5. The summed E-state index contributed by atoms with van der Waals surface area (Å²) in [6.45, 7) is 5.46. The smallest absolute Gasteiger partial charge is 0.238 e. The minimum atomic E-state index is -0.118. The number of carbonyl (C=O) groups is 1. The van der Waals surface area contributed by atoms with E-state index < -0.39 is 0 Å². The first-order valence-electron chi connectivity index (χ1n) is 6.58. The highest BCUT2D eigenvalue weighted by atomic mass is 16.5. The molecule has 0 heterocycles. The van der Waals surface area contributed by atoms with Crippen LogP contribution in [-0.4, -0.2) is 30.7 Å². The van der Waals surface area contributed by atoms with Gasteiger partial charge in [0.1, 0.15) is 5.75 Å². The van der Waals surface area contributed by atoms with Crippen LogP contribution in [0, 0.1) is 0 Å².